The molecule has 0 aliphatic carbocycles. The molecule has 0 bridgehead atoms. The predicted molar refractivity (Wildman–Crippen MR) is 94.0 cm³/mol. The molecule has 0 saturated carbocycles. The number of rotatable bonds is 4. The van der Waals surface area contributed by atoms with Gasteiger partial charge in [0.1, 0.15) is 0 Å². The molecular formula is C17H10ClF3N6. The largest absolute Gasteiger partial charge is 0.418 e. The molecule has 0 radical (unpaired) electrons. The predicted octanol–water partition coefficient (Wildman–Crippen LogP) is 4.90. The number of aromatic nitrogens is 3. The van der Waals surface area contributed by atoms with E-state index in [1.807, 2.05) is 6.07 Å². The number of anilines is 4. The molecule has 0 saturated heterocycles. The molecule has 1 aromatic heterocycles. The van der Waals surface area contributed by atoms with Gasteiger partial charge in [-0.05, 0) is 36.4 Å². The second-order valence-electron chi connectivity index (χ2n) is 5.30. The van der Waals surface area contributed by atoms with Gasteiger partial charge in [0.2, 0.25) is 5.95 Å². The third kappa shape index (κ3) is 4.62. The molecular weight excluding hydrogens is 381 g/mol. The van der Waals surface area contributed by atoms with Gasteiger partial charge >= 0.3 is 6.18 Å². The van der Waals surface area contributed by atoms with Gasteiger partial charge < -0.3 is 10.6 Å². The van der Waals surface area contributed by atoms with Crippen LogP contribution in [0.2, 0.25) is 5.02 Å². The highest BCUT2D eigenvalue weighted by atomic mass is 35.5. The Kier molecular flexibility index (Phi) is 5.09. The van der Waals surface area contributed by atoms with Crippen molar-refractivity contribution in [2.24, 2.45) is 0 Å². The molecule has 1 heterocycles. The molecule has 0 atom stereocenters. The van der Waals surface area contributed by atoms with Gasteiger partial charge in [-0.2, -0.15) is 28.5 Å². The average molecular weight is 391 g/mol. The first-order valence-electron chi connectivity index (χ1n) is 7.46. The Bertz CT molecular complexity index is 1020. The van der Waals surface area contributed by atoms with Gasteiger partial charge in [0.25, 0.3) is 0 Å². The topological polar surface area (TPSA) is 86.5 Å². The zero-order valence-electron chi connectivity index (χ0n) is 13.4. The van der Waals surface area contributed by atoms with Crippen LogP contribution >= 0.6 is 11.6 Å². The van der Waals surface area contributed by atoms with Crippen LogP contribution in [-0.2, 0) is 6.18 Å². The van der Waals surface area contributed by atoms with Gasteiger partial charge in [0.05, 0.1) is 29.1 Å². The molecule has 0 amide bonds. The van der Waals surface area contributed by atoms with E-state index in [0.717, 1.165) is 6.07 Å². The van der Waals surface area contributed by atoms with E-state index in [4.69, 9.17) is 16.9 Å². The number of hydrogen-bond donors (Lipinski definition) is 2. The molecule has 136 valence electrons. The molecule has 0 aliphatic heterocycles. The maximum atomic E-state index is 13.2. The number of benzene rings is 2. The third-order valence-corrected chi connectivity index (χ3v) is 3.59. The van der Waals surface area contributed by atoms with Gasteiger partial charge in [0, 0.05) is 10.7 Å². The van der Waals surface area contributed by atoms with Crippen molar-refractivity contribution in [2.75, 3.05) is 10.6 Å². The minimum Gasteiger partial charge on any atom is -0.339 e. The molecule has 10 heteroatoms. The third-order valence-electron chi connectivity index (χ3n) is 3.36. The van der Waals surface area contributed by atoms with E-state index in [9.17, 15) is 13.2 Å². The van der Waals surface area contributed by atoms with Crippen LogP contribution in [0.1, 0.15) is 11.1 Å². The van der Waals surface area contributed by atoms with Crippen LogP contribution in [0.3, 0.4) is 0 Å². The molecule has 0 fully saturated rings. The van der Waals surface area contributed by atoms with Crippen molar-refractivity contribution >= 4 is 34.7 Å². The molecule has 6 nitrogen and oxygen atoms in total. The van der Waals surface area contributed by atoms with Crippen molar-refractivity contribution in [1.82, 2.24) is 15.2 Å². The Balaban J connectivity index is 1.86. The summed E-state index contributed by atoms with van der Waals surface area (Å²) in [7, 11) is 0. The van der Waals surface area contributed by atoms with Gasteiger partial charge in [-0.25, -0.2) is 0 Å². The molecule has 0 spiro atoms. The van der Waals surface area contributed by atoms with Crippen LogP contribution in [0.4, 0.5) is 36.3 Å². The van der Waals surface area contributed by atoms with Gasteiger partial charge in [0.15, 0.2) is 5.82 Å². The second kappa shape index (κ2) is 7.47. The molecule has 27 heavy (non-hydrogen) atoms. The summed E-state index contributed by atoms with van der Waals surface area (Å²) in [4.78, 5) is 4.09. The first kappa shape index (κ1) is 18.4. The van der Waals surface area contributed by atoms with E-state index in [-0.39, 0.29) is 22.5 Å². The standard InChI is InChI=1S/C17H10ClF3N6/c18-11-4-5-14(13(7-11)17(19,20)21)25-16-26-15(9-23-27-16)24-12-3-1-2-10(6-12)8-22/h1-7,9H,(H2,24,25,26,27). The average Bonchev–Trinajstić information content (AvgIpc) is 2.63. The number of nitriles is 1. The fraction of sp³-hybridized carbons (Fsp3) is 0.0588. The first-order chi connectivity index (χ1) is 12.8. The summed E-state index contributed by atoms with van der Waals surface area (Å²) in [5.41, 5.74) is -0.185. The van der Waals surface area contributed by atoms with Crippen LogP contribution in [0.25, 0.3) is 0 Å². The lowest BCUT2D eigenvalue weighted by molar-refractivity contribution is -0.136. The van der Waals surface area contributed by atoms with Crippen LogP contribution < -0.4 is 10.6 Å². The monoisotopic (exact) mass is 390 g/mol. The lowest BCUT2D eigenvalue weighted by atomic mass is 10.1. The summed E-state index contributed by atoms with van der Waals surface area (Å²) in [5.74, 6) is 0.106. The Labute approximate surface area is 156 Å². The van der Waals surface area contributed by atoms with E-state index in [2.05, 4.69) is 25.8 Å². The first-order valence-corrected chi connectivity index (χ1v) is 7.83. The lowest BCUT2D eigenvalue weighted by Gasteiger charge is -2.14. The summed E-state index contributed by atoms with van der Waals surface area (Å²) in [6, 6.07) is 11.9. The number of alkyl halides is 3. The highest BCUT2D eigenvalue weighted by molar-refractivity contribution is 6.30. The van der Waals surface area contributed by atoms with E-state index in [0.29, 0.717) is 11.3 Å². The molecule has 0 aliphatic rings. The second-order valence-corrected chi connectivity index (χ2v) is 5.73. The molecule has 3 rings (SSSR count). The van der Waals surface area contributed by atoms with Crippen molar-refractivity contribution < 1.29 is 13.2 Å². The lowest BCUT2D eigenvalue weighted by Crippen LogP contribution is -2.10. The minimum absolute atomic E-state index is 0.0419. The maximum absolute atomic E-state index is 13.2. The summed E-state index contributed by atoms with van der Waals surface area (Å²) in [6.07, 6.45) is -3.30. The van der Waals surface area contributed by atoms with Crippen LogP contribution in [0, 0.1) is 11.3 Å². The zero-order valence-corrected chi connectivity index (χ0v) is 14.2. The van der Waals surface area contributed by atoms with Gasteiger partial charge in [-0.15, -0.1) is 5.10 Å². The Hall–Kier alpha value is -3.38. The number of nitrogens with zero attached hydrogens (tertiary/aromatic N) is 4. The summed E-state index contributed by atoms with van der Waals surface area (Å²) in [6.45, 7) is 0. The Morgan fingerprint density at radius 3 is 2.63 bits per heavy atom. The fourth-order valence-electron chi connectivity index (χ4n) is 2.21. The summed E-state index contributed by atoms with van der Waals surface area (Å²) >= 11 is 5.66. The summed E-state index contributed by atoms with van der Waals surface area (Å²) < 4.78 is 39.5. The normalized spacial score (nSPS) is 10.9. The molecule has 2 N–H and O–H groups in total. The van der Waals surface area contributed by atoms with E-state index >= 15 is 0 Å². The van der Waals surface area contributed by atoms with Gasteiger partial charge in [-0.3, -0.25) is 0 Å². The van der Waals surface area contributed by atoms with Crippen LogP contribution in [0.15, 0.2) is 48.7 Å². The fourth-order valence-corrected chi connectivity index (χ4v) is 2.38. The number of halogens is 4. The van der Waals surface area contributed by atoms with Crippen molar-refractivity contribution in [3.63, 3.8) is 0 Å². The van der Waals surface area contributed by atoms with Crippen molar-refractivity contribution in [1.29, 1.82) is 5.26 Å². The quantitative estimate of drug-likeness (QED) is 0.658. The smallest absolute Gasteiger partial charge is 0.339 e. The van der Waals surface area contributed by atoms with Crippen molar-refractivity contribution in [3.8, 4) is 6.07 Å². The SMILES string of the molecule is N#Cc1cccc(Nc2cnnc(Nc3ccc(Cl)cc3C(F)(F)F)n2)c1. The van der Waals surface area contributed by atoms with E-state index < -0.39 is 11.7 Å². The maximum Gasteiger partial charge on any atom is 0.418 e. The molecule has 3 aromatic rings. The van der Waals surface area contributed by atoms with E-state index in [1.165, 1.54) is 18.3 Å². The Morgan fingerprint density at radius 2 is 1.89 bits per heavy atom. The van der Waals surface area contributed by atoms with Crippen molar-refractivity contribution in [3.05, 3.63) is 64.8 Å². The number of hydrogen-bond acceptors (Lipinski definition) is 6. The summed E-state index contributed by atoms with van der Waals surface area (Å²) in [5, 5.41) is 21.7. The highest BCUT2D eigenvalue weighted by Crippen LogP contribution is 2.37. The van der Waals surface area contributed by atoms with Crippen LogP contribution in [0.5, 0.6) is 0 Å². The van der Waals surface area contributed by atoms with E-state index in [1.54, 1.807) is 24.3 Å². The van der Waals surface area contributed by atoms with Gasteiger partial charge in [-0.1, -0.05) is 17.7 Å². The highest BCUT2D eigenvalue weighted by Gasteiger charge is 2.34. The number of nitrogens with one attached hydrogen (secondary N) is 2. The molecule has 0 unspecified atom stereocenters. The van der Waals surface area contributed by atoms with Crippen molar-refractivity contribution in [2.45, 2.75) is 6.18 Å². The minimum atomic E-state index is -4.60. The molecule has 2 aromatic carbocycles. The Morgan fingerprint density at radius 1 is 1.07 bits per heavy atom. The zero-order chi connectivity index (χ0) is 19.4. The van der Waals surface area contributed by atoms with Crippen LogP contribution in [-0.4, -0.2) is 15.2 Å².